The van der Waals surface area contributed by atoms with E-state index in [1.807, 2.05) is 18.2 Å². The number of aromatic nitrogens is 1. The minimum atomic E-state index is -0.445. The van der Waals surface area contributed by atoms with Crippen LogP contribution in [0.25, 0.3) is 16.3 Å². The fraction of sp³-hybridized carbons (Fsp3) is 0.238. The molecule has 8 nitrogen and oxygen atoms in total. The molecule has 0 saturated carbocycles. The monoisotopic (exact) mass is 424 g/mol. The van der Waals surface area contributed by atoms with Crippen LogP contribution >= 0.6 is 11.3 Å². The third-order valence-electron chi connectivity index (χ3n) is 4.97. The van der Waals surface area contributed by atoms with E-state index in [9.17, 15) is 14.9 Å². The van der Waals surface area contributed by atoms with Crippen LogP contribution in [-0.2, 0) is 4.79 Å². The molecule has 154 valence electrons. The molecular weight excluding hydrogens is 404 g/mol. The van der Waals surface area contributed by atoms with Gasteiger partial charge in [0, 0.05) is 44.4 Å². The number of thiazole rings is 1. The molecule has 1 aromatic heterocycles. The summed E-state index contributed by atoms with van der Waals surface area (Å²) in [6.07, 6.45) is 3.19. The smallest absolute Gasteiger partial charge is 0.269 e. The van der Waals surface area contributed by atoms with Crippen LogP contribution in [0.1, 0.15) is 5.56 Å². The van der Waals surface area contributed by atoms with Gasteiger partial charge in [-0.3, -0.25) is 14.9 Å². The summed E-state index contributed by atoms with van der Waals surface area (Å²) >= 11 is 1.62. The number of ether oxygens (including phenoxy) is 1. The van der Waals surface area contributed by atoms with Gasteiger partial charge in [0.25, 0.3) is 5.69 Å². The second-order valence-corrected chi connectivity index (χ2v) is 7.81. The SMILES string of the molecule is COc1cccc2sc(N3CCN(C(=O)/C=C\c4ccc([N+](=O)[O-])cc4)CC3)nc12. The molecule has 3 aromatic rings. The van der Waals surface area contributed by atoms with Gasteiger partial charge in [0.05, 0.1) is 16.7 Å². The number of non-ortho nitro benzene ring substituents is 1. The second kappa shape index (κ2) is 8.50. The summed E-state index contributed by atoms with van der Waals surface area (Å²) in [6, 6.07) is 12.0. The zero-order chi connectivity index (χ0) is 21.1. The van der Waals surface area contributed by atoms with E-state index in [4.69, 9.17) is 9.72 Å². The van der Waals surface area contributed by atoms with Crippen LogP contribution in [0.3, 0.4) is 0 Å². The zero-order valence-electron chi connectivity index (χ0n) is 16.4. The summed E-state index contributed by atoms with van der Waals surface area (Å²) in [5, 5.41) is 11.6. The summed E-state index contributed by atoms with van der Waals surface area (Å²) in [5.74, 6) is 0.694. The average molecular weight is 424 g/mol. The number of nitrogens with zero attached hydrogens (tertiary/aromatic N) is 4. The number of para-hydroxylation sites is 1. The van der Waals surface area contributed by atoms with Crippen molar-refractivity contribution in [2.24, 2.45) is 0 Å². The number of amides is 1. The molecule has 2 heterocycles. The van der Waals surface area contributed by atoms with Gasteiger partial charge in [0.15, 0.2) is 5.13 Å². The van der Waals surface area contributed by atoms with Gasteiger partial charge in [0.1, 0.15) is 11.3 Å². The highest BCUT2D eigenvalue weighted by atomic mass is 32.1. The maximum absolute atomic E-state index is 12.5. The minimum Gasteiger partial charge on any atom is -0.494 e. The van der Waals surface area contributed by atoms with Crippen molar-refractivity contribution in [3.05, 3.63) is 64.2 Å². The molecule has 0 atom stereocenters. The highest BCUT2D eigenvalue weighted by Crippen LogP contribution is 2.34. The lowest BCUT2D eigenvalue weighted by Crippen LogP contribution is -2.48. The first kappa shape index (κ1) is 19.8. The Morgan fingerprint density at radius 3 is 2.57 bits per heavy atom. The number of carbonyl (C=O) groups excluding carboxylic acids is 1. The van der Waals surface area contributed by atoms with Gasteiger partial charge in [-0.1, -0.05) is 17.4 Å². The van der Waals surface area contributed by atoms with Crippen LogP contribution in [0, 0.1) is 10.1 Å². The molecule has 1 fully saturated rings. The molecule has 0 spiro atoms. The molecule has 1 amide bonds. The number of benzene rings is 2. The maximum atomic E-state index is 12.5. The topological polar surface area (TPSA) is 88.8 Å². The molecule has 0 aliphatic carbocycles. The molecule has 0 radical (unpaired) electrons. The Morgan fingerprint density at radius 2 is 1.90 bits per heavy atom. The van der Waals surface area contributed by atoms with Crippen molar-refractivity contribution in [2.45, 2.75) is 0 Å². The number of carbonyl (C=O) groups is 1. The first-order valence-corrected chi connectivity index (χ1v) is 10.3. The third-order valence-corrected chi connectivity index (χ3v) is 6.06. The lowest BCUT2D eigenvalue weighted by Gasteiger charge is -2.34. The standard InChI is InChI=1S/C21H20N4O4S/c1-29-17-3-2-4-18-20(17)22-21(30-18)24-13-11-23(12-14-24)19(26)10-7-15-5-8-16(9-6-15)25(27)28/h2-10H,11-14H2,1H3/b10-7-. The molecule has 0 N–H and O–H groups in total. The highest BCUT2D eigenvalue weighted by Gasteiger charge is 2.22. The van der Waals surface area contributed by atoms with E-state index < -0.39 is 4.92 Å². The van der Waals surface area contributed by atoms with E-state index in [0.29, 0.717) is 26.2 Å². The molecule has 2 aromatic carbocycles. The van der Waals surface area contributed by atoms with Gasteiger partial charge in [0.2, 0.25) is 5.91 Å². The number of anilines is 1. The van der Waals surface area contributed by atoms with Gasteiger partial charge in [-0.15, -0.1) is 0 Å². The molecular formula is C21H20N4O4S. The second-order valence-electron chi connectivity index (χ2n) is 6.80. The largest absolute Gasteiger partial charge is 0.494 e. The van der Waals surface area contributed by atoms with Crippen LogP contribution in [0.4, 0.5) is 10.8 Å². The fourth-order valence-electron chi connectivity index (χ4n) is 3.31. The first-order chi connectivity index (χ1) is 14.5. The Bertz CT molecular complexity index is 1100. The average Bonchev–Trinajstić information content (AvgIpc) is 3.22. The predicted octanol–water partition coefficient (Wildman–Crippen LogP) is 3.58. The quantitative estimate of drug-likeness (QED) is 0.353. The molecule has 1 aliphatic heterocycles. The number of nitro groups is 1. The van der Waals surface area contributed by atoms with Crippen molar-refractivity contribution in [1.29, 1.82) is 0 Å². The Labute approximate surface area is 177 Å². The molecule has 30 heavy (non-hydrogen) atoms. The Balaban J connectivity index is 1.37. The Kier molecular flexibility index (Phi) is 5.62. The summed E-state index contributed by atoms with van der Waals surface area (Å²) < 4.78 is 6.47. The van der Waals surface area contributed by atoms with Crippen molar-refractivity contribution in [3.63, 3.8) is 0 Å². The molecule has 4 rings (SSSR count). The van der Waals surface area contributed by atoms with Crippen molar-refractivity contribution >= 4 is 44.4 Å². The number of hydrogen-bond donors (Lipinski definition) is 0. The zero-order valence-corrected chi connectivity index (χ0v) is 17.2. The van der Waals surface area contributed by atoms with E-state index in [1.54, 1.807) is 41.6 Å². The van der Waals surface area contributed by atoms with Crippen molar-refractivity contribution in [3.8, 4) is 5.75 Å². The van der Waals surface area contributed by atoms with Crippen LogP contribution in [0.2, 0.25) is 0 Å². The fourth-order valence-corrected chi connectivity index (χ4v) is 4.34. The van der Waals surface area contributed by atoms with Gasteiger partial charge in [-0.25, -0.2) is 4.98 Å². The molecule has 0 unspecified atom stereocenters. The Morgan fingerprint density at radius 1 is 1.17 bits per heavy atom. The Hall–Kier alpha value is -3.46. The maximum Gasteiger partial charge on any atom is 0.269 e. The van der Waals surface area contributed by atoms with E-state index in [-0.39, 0.29) is 11.6 Å². The lowest BCUT2D eigenvalue weighted by atomic mass is 10.2. The normalized spacial score (nSPS) is 14.4. The summed E-state index contributed by atoms with van der Waals surface area (Å²) in [7, 11) is 1.64. The van der Waals surface area contributed by atoms with Crippen molar-refractivity contribution < 1.29 is 14.5 Å². The number of hydrogen-bond acceptors (Lipinski definition) is 7. The van der Waals surface area contributed by atoms with Gasteiger partial charge < -0.3 is 14.5 Å². The van der Waals surface area contributed by atoms with E-state index in [2.05, 4.69) is 4.90 Å². The van der Waals surface area contributed by atoms with Crippen molar-refractivity contribution in [2.75, 3.05) is 38.2 Å². The van der Waals surface area contributed by atoms with Crippen molar-refractivity contribution in [1.82, 2.24) is 9.88 Å². The first-order valence-electron chi connectivity index (χ1n) is 9.45. The summed E-state index contributed by atoms with van der Waals surface area (Å²) in [6.45, 7) is 2.63. The summed E-state index contributed by atoms with van der Waals surface area (Å²) in [4.78, 5) is 31.5. The molecule has 0 bridgehead atoms. The third kappa shape index (κ3) is 4.11. The minimum absolute atomic E-state index is 0.0297. The number of nitro benzene ring substituents is 1. The molecule has 1 aliphatic rings. The van der Waals surface area contributed by atoms with Gasteiger partial charge >= 0.3 is 0 Å². The van der Waals surface area contributed by atoms with Crippen LogP contribution in [0.5, 0.6) is 5.75 Å². The summed E-state index contributed by atoms with van der Waals surface area (Å²) in [5.41, 5.74) is 1.64. The molecule has 1 saturated heterocycles. The van der Waals surface area contributed by atoms with E-state index in [0.717, 1.165) is 26.7 Å². The lowest BCUT2D eigenvalue weighted by molar-refractivity contribution is -0.384. The van der Waals surface area contributed by atoms with Gasteiger partial charge in [-0.05, 0) is 35.9 Å². The number of methoxy groups -OCH3 is 1. The number of rotatable bonds is 5. The van der Waals surface area contributed by atoms with Crippen LogP contribution in [-0.4, -0.2) is 54.0 Å². The molecule has 9 heteroatoms. The van der Waals surface area contributed by atoms with Crippen LogP contribution in [0.15, 0.2) is 48.5 Å². The van der Waals surface area contributed by atoms with Crippen LogP contribution < -0.4 is 9.64 Å². The number of piperazine rings is 1. The highest BCUT2D eigenvalue weighted by molar-refractivity contribution is 7.22. The van der Waals surface area contributed by atoms with E-state index in [1.165, 1.54) is 18.2 Å². The van der Waals surface area contributed by atoms with E-state index >= 15 is 0 Å². The van der Waals surface area contributed by atoms with Gasteiger partial charge in [-0.2, -0.15) is 0 Å². The predicted molar refractivity (Wildman–Crippen MR) is 117 cm³/mol. The number of fused-ring (bicyclic) bond motifs is 1.